The molecule has 3 rings (SSSR count). The van der Waals surface area contributed by atoms with Crippen LogP contribution < -0.4 is 0 Å². The highest BCUT2D eigenvalue weighted by Gasteiger charge is 2.30. The zero-order valence-electron chi connectivity index (χ0n) is 11.0. The topological polar surface area (TPSA) is 50.3 Å². The quantitative estimate of drug-likeness (QED) is 0.816. The third kappa shape index (κ3) is 2.73. The van der Waals surface area contributed by atoms with Crippen molar-refractivity contribution in [1.29, 1.82) is 0 Å². The lowest BCUT2D eigenvalue weighted by Crippen LogP contribution is -2.36. The Balaban J connectivity index is 1.97. The molecule has 4 nitrogen and oxygen atoms in total. The fourth-order valence-electron chi connectivity index (χ4n) is 2.37. The van der Waals surface area contributed by atoms with Crippen LogP contribution in [0.4, 0.5) is 4.39 Å². The fourth-order valence-corrected chi connectivity index (χ4v) is 4.17. The van der Waals surface area contributed by atoms with Gasteiger partial charge in [-0.3, -0.25) is 4.98 Å². The first-order valence-electron chi connectivity index (χ1n) is 6.36. The summed E-state index contributed by atoms with van der Waals surface area (Å²) in [6.07, 6.45) is 2.23. The molecule has 0 spiro atoms. The van der Waals surface area contributed by atoms with Crippen molar-refractivity contribution in [2.75, 3.05) is 6.54 Å². The number of hydrogen-bond donors (Lipinski definition) is 0. The van der Waals surface area contributed by atoms with Gasteiger partial charge in [-0.1, -0.05) is 22.0 Å². The predicted molar refractivity (Wildman–Crippen MR) is 79.6 cm³/mol. The van der Waals surface area contributed by atoms with Crippen LogP contribution in [0.2, 0.25) is 0 Å². The van der Waals surface area contributed by atoms with Gasteiger partial charge in [-0.25, -0.2) is 12.8 Å². The van der Waals surface area contributed by atoms with E-state index in [4.69, 9.17) is 0 Å². The molecule has 1 aromatic heterocycles. The van der Waals surface area contributed by atoms with Gasteiger partial charge in [-0.15, -0.1) is 0 Å². The summed E-state index contributed by atoms with van der Waals surface area (Å²) in [5.41, 5.74) is 1.77. The first kappa shape index (κ1) is 14.6. The van der Waals surface area contributed by atoms with Crippen molar-refractivity contribution in [3.05, 3.63) is 58.1 Å². The van der Waals surface area contributed by atoms with Crippen LogP contribution in [0.15, 0.2) is 45.9 Å². The number of pyridine rings is 1. The van der Waals surface area contributed by atoms with E-state index in [0.29, 0.717) is 17.4 Å². The van der Waals surface area contributed by atoms with E-state index in [2.05, 4.69) is 20.9 Å². The lowest BCUT2D eigenvalue weighted by Gasteiger charge is -2.27. The highest BCUT2D eigenvalue weighted by molar-refractivity contribution is 9.10. The molecule has 2 heterocycles. The smallest absolute Gasteiger partial charge is 0.246 e. The molecule has 0 saturated carbocycles. The molecule has 0 N–H and O–H groups in total. The number of benzene rings is 1. The first-order chi connectivity index (χ1) is 9.98. The molecule has 0 atom stereocenters. The Labute approximate surface area is 130 Å². The van der Waals surface area contributed by atoms with Crippen LogP contribution in [0.3, 0.4) is 0 Å². The van der Waals surface area contributed by atoms with Crippen molar-refractivity contribution >= 4 is 26.0 Å². The summed E-state index contributed by atoms with van der Waals surface area (Å²) in [5, 5.41) is 0. The van der Waals surface area contributed by atoms with Crippen LogP contribution in [0.5, 0.6) is 0 Å². The highest BCUT2D eigenvalue weighted by atomic mass is 79.9. The number of rotatable bonds is 2. The minimum atomic E-state index is -3.84. The van der Waals surface area contributed by atoms with Crippen molar-refractivity contribution in [3.8, 4) is 0 Å². The number of hydrogen-bond acceptors (Lipinski definition) is 3. The summed E-state index contributed by atoms with van der Waals surface area (Å²) in [6, 6.07) is 7.59. The van der Waals surface area contributed by atoms with Gasteiger partial charge in [0.05, 0.1) is 0 Å². The van der Waals surface area contributed by atoms with Gasteiger partial charge in [0, 0.05) is 35.9 Å². The third-order valence-corrected chi connectivity index (χ3v) is 5.81. The number of halogens is 2. The lowest BCUT2D eigenvalue weighted by molar-refractivity contribution is 0.385. The summed E-state index contributed by atoms with van der Waals surface area (Å²) >= 11 is 3.12. The van der Waals surface area contributed by atoms with Crippen LogP contribution in [0.25, 0.3) is 0 Å². The summed E-state index contributed by atoms with van der Waals surface area (Å²) in [4.78, 5) is 3.94. The summed E-state index contributed by atoms with van der Waals surface area (Å²) in [5.74, 6) is -0.749. The van der Waals surface area contributed by atoms with Crippen molar-refractivity contribution in [3.63, 3.8) is 0 Å². The predicted octanol–water partition coefficient (Wildman–Crippen LogP) is 2.73. The molecule has 0 bridgehead atoms. The molecule has 0 radical (unpaired) electrons. The van der Waals surface area contributed by atoms with Gasteiger partial charge >= 0.3 is 0 Å². The molecule has 0 saturated heterocycles. The number of aromatic nitrogens is 1. The van der Waals surface area contributed by atoms with E-state index < -0.39 is 15.8 Å². The highest BCUT2D eigenvalue weighted by Crippen LogP contribution is 2.26. The maximum atomic E-state index is 13.9. The molecule has 110 valence electrons. The Morgan fingerprint density at radius 3 is 2.86 bits per heavy atom. The van der Waals surface area contributed by atoms with Crippen LogP contribution >= 0.6 is 15.9 Å². The molecule has 2 aromatic rings. The number of nitrogens with zero attached hydrogens (tertiary/aromatic N) is 2. The Morgan fingerprint density at radius 1 is 1.29 bits per heavy atom. The van der Waals surface area contributed by atoms with E-state index in [1.165, 1.54) is 16.4 Å². The third-order valence-electron chi connectivity index (χ3n) is 3.44. The summed E-state index contributed by atoms with van der Waals surface area (Å²) in [6.45, 7) is 0.531. The number of sulfonamides is 1. The minimum Gasteiger partial charge on any atom is -0.261 e. The van der Waals surface area contributed by atoms with Crippen molar-refractivity contribution in [1.82, 2.24) is 9.29 Å². The van der Waals surface area contributed by atoms with Gasteiger partial charge in [0.2, 0.25) is 10.0 Å². The van der Waals surface area contributed by atoms with Crippen LogP contribution in [0.1, 0.15) is 11.3 Å². The zero-order chi connectivity index (χ0) is 15.0. The van der Waals surface area contributed by atoms with E-state index in [9.17, 15) is 12.8 Å². The van der Waals surface area contributed by atoms with E-state index >= 15 is 0 Å². The summed E-state index contributed by atoms with van der Waals surface area (Å²) in [7, 11) is -3.84. The van der Waals surface area contributed by atoms with E-state index in [-0.39, 0.29) is 11.4 Å². The molecular formula is C14H12BrFN2O2S. The number of fused-ring (bicyclic) bond motifs is 1. The van der Waals surface area contributed by atoms with Crippen molar-refractivity contribution in [2.45, 2.75) is 17.9 Å². The molecule has 0 amide bonds. The summed E-state index contributed by atoms with van der Waals surface area (Å²) < 4.78 is 40.9. The van der Waals surface area contributed by atoms with Crippen LogP contribution in [-0.4, -0.2) is 24.3 Å². The maximum absolute atomic E-state index is 13.9. The fraction of sp³-hybridized carbons (Fsp3) is 0.214. The Hall–Kier alpha value is -1.31. The van der Waals surface area contributed by atoms with Crippen LogP contribution in [0, 0.1) is 5.82 Å². The molecule has 21 heavy (non-hydrogen) atoms. The standard InChI is InChI=1S/C14H12BrFN2O2S/c15-11-3-4-14(12(16)8-11)21(19,20)18-7-5-13-10(9-18)2-1-6-17-13/h1-4,6,8H,5,7,9H2. The molecule has 0 unspecified atom stereocenters. The van der Waals surface area contributed by atoms with Crippen LogP contribution in [-0.2, 0) is 23.0 Å². The van der Waals surface area contributed by atoms with E-state index in [1.54, 1.807) is 12.3 Å². The maximum Gasteiger partial charge on any atom is 0.246 e. The molecular weight excluding hydrogens is 359 g/mol. The van der Waals surface area contributed by atoms with Gasteiger partial charge in [-0.05, 0) is 29.8 Å². The molecule has 1 aliphatic rings. The Bertz CT molecular complexity index is 795. The zero-order valence-corrected chi connectivity index (χ0v) is 13.4. The second-order valence-corrected chi connectivity index (χ2v) is 7.59. The van der Waals surface area contributed by atoms with Gasteiger partial charge < -0.3 is 0 Å². The Morgan fingerprint density at radius 2 is 2.10 bits per heavy atom. The molecule has 1 aliphatic heterocycles. The van der Waals surface area contributed by atoms with Crippen molar-refractivity contribution in [2.24, 2.45) is 0 Å². The largest absolute Gasteiger partial charge is 0.261 e. The average Bonchev–Trinajstić information content (AvgIpc) is 2.46. The molecule has 0 aliphatic carbocycles. The van der Waals surface area contributed by atoms with E-state index in [1.807, 2.05) is 6.07 Å². The van der Waals surface area contributed by atoms with Gasteiger partial charge in [0.1, 0.15) is 10.7 Å². The lowest BCUT2D eigenvalue weighted by atomic mass is 10.1. The molecule has 0 fully saturated rings. The second-order valence-electron chi connectivity index (χ2n) is 4.77. The average molecular weight is 371 g/mol. The van der Waals surface area contributed by atoms with Crippen molar-refractivity contribution < 1.29 is 12.8 Å². The van der Waals surface area contributed by atoms with Gasteiger partial charge in [0.25, 0.3) is 0 Å². The SMILES string of the molecule is O=S(=O)(c1ccc(Br)cc1F)N1CCc2ncccc2C1. The molecule has 1 aromatic carbocycles. The first-order valence-corrected chi connectivity index (χ1v) is 8.60. The normalized spacial score (nSPS) is 15.7. The van der Waals surface area contributed by atoms with Gasteiger partial charge in [0.15, 0.2) is 0 Å². The second kappa shape index (κ2) is 5.47. The van der Waals surface area contributed by atoms with E-state index in [0.717, 1.165) is 17.3 Å². The minimum absolute atomic E-state index is 0.223. The Kier molecular flexibility index (Phi) is 3.81. The van der Waals surface area contributed by atoms with Gasteiger partial charge in [-0.2, -0.15) is 4.31 Å². The monoisotopic (exact) mass is 370 g/mol. The molecule has 7 heteroatoms.